The van der Waals surface area contributed by atoms with Crippen LogP contribution < -0.4 is 5.32 Å². The maximum absolute atomic E-state index is 12.0. The van der Waals surface area contributed by atoms with E-state index in [1.807, 2.05) is 18.2 Å². The number of fused-ring (bicyclic) bond motifs is 1. The van der Waals surface area contributed by atoms with E-state index in [1.165, 1.54) is 5.52 Å². The van der Waals surface area contributed by atoms with Gasteiger partial charge in [-0.2, -0.15) is 0 Å². The molecule has 0 aliphatic rings. The zero-order valence-corrected chi connectivity index (χ0v) is 13.5. The molecular formula is C18H24N2O2. The summed E-state index contributed by atoms with van der Waals surface area (Å²) in [5.41, 5.74) is 1.97. The SMILES string of the molecule is C=CCOC(C)C(=O)Nc1ccc2c(ccn2CC(C)C)c1. The van der Waals surface area contributed by atoms with E-state index in [9.17, 15) is 4.79 Å². The van der Waals surface area contributed by atoms with E-state index in [0.29, 0.717) is 12.5 Å². The molecule has 1 heterocycles. The molecule has 1 atom stereocenters. The van der Waals surface area contributed by atoms with Crippen molar-refractivity contribution in [1.82, 2.24) is 4.57 Å². The standard InChI is InChI=1S/C18H24N2O2/c1-5-10-22-14(4)18(21)19-16-6-7-17-15(11-16)8-9-20(17)12-13(2)3/h5-9,11,13-14H,1,10,12H2,2-4H3,(H,19,21). The van der Waals surface area contributed by atoms with Gasteiger partial charge in [0.2, 0.25) is 0 Å². The smallest absolute Gasteiger partial charge is 0.253 e. The van der Waals surface area contributed by atoms with Crippen LogP contribution in [0.25, 0.3) is 10.9 Å². The lowest BCUT2D eigenvalue weighted by atomic mass is 10.2. The molecule has 22 heavy (non-hydrogen) atoms. The maximum Gasteiger partial charge on any atom is 0.253 e. The summed E-state index contributed by atoms with van der Waals surface area (Å²) in [4.78, 5) is 12.0. The largest absolute Gasteiger partial charge is 0.365 e. The van der Waals surface area contributed by atoms with Crippen molar-refractivity contribution in [2.75, 3.05) is 11.9 Å². The number of carbonyl (C=O) groups is 1. The van der Waals surface area contributed by atoms with E-state index in [0.717, 1.165) is 17.6 Å². The minimum absolute atomic E-state index is 0.150. The third-order valence-electron chi connectivity index (χ3n) is 3.43. The number of anilines is 1. The molecule has 0 aliphatic carbocycles. The number of ether oxygens (including phenoxy) is 1. The molecule has 1 N–H and O–H groups in total. The Kier molecular flexibility index (Phi) is 5.39. The van der Waals surface area contributed by atoms with Gasteiger partial charge in [0, 0.05) is 29.3 Å². The summed E-state index contributed by atoms with van der Waals surface area (Å²) in [6, 6.07) is 8.04. The molecular weight excluding hydrogens is 276 g/mol. The topological polar surface area (TPSA) is 43.3 Å². The van der Waals surface area contributed by atoms with Crippen LogP contribution in [0.2, 0.25) is 0 Å². The first-order valence-corrected chi connectivity index (χ1v) is 7.63. The number of rotatable bonds is 7. The molecule has 0 radical (unpaired) electrons. The van der Waals surface area contributed by atoms with E-state index in [4.69, 9.17) is 4.74 Å². The van der Waals surface area contributed by atoms with Gasteiger partial charge in [0.1, 0.15) is 6.10 Å². The number of aromatic nitrogens is 1. The highest BCUT2D eigenvalue weighted by molar-refractivity contribution is 5.96. The van der Waals surface area contributed by atoms with E-state index in [2.05, 4.69) is 42.6 Å². The summed E-state index contributed by atoms with van der Waals surface area (Å²) < 4.78 is 7.56. The minimum atomic E-state index is -0.501. The van der Waals surface area contributed by atoms with E-state index in [1.54, 1.807) is 13.0 Å². The molecule has 1 unspecified atom stereocenters. The molecule has 0 fully saturated rings. The minimum Gasteiger partial charge on any atom is -0.365 e. The van der Waals surface area contributed by atoms with Gasteiger partial charge in [-0.15, -0.1) is 6.58 Å². The van der Waals surface area contributed by atoms with Crippen LogP contribution in [0.1, 0.15) is 20.8 Å². The number of hydrogen-bond acceptors (Lipinski definition) is 2. The second-order valence-electron chi connectivity index (χ2n) is 5.89. The summed E-state index contributed by atoms with van der Waals surface area (Å²) in [6.45, 7) is 11.1. The van der Waals surface area contributed by atoms with Gasteiger partial charge in [-0.1, -0.05) is 19.9 Å². The summed E-state index contributed by atoms with van der Waals surface area (Å²) in [7, 11) is 0. The zero-order valence-electron chi connectivity index (χ0n) is 13.5. The van der Waals surface area contributed by atoms with Gasteiger partial charge >= 0.3 is 0 Å². The van der Waals surface area contributed by atoms with Crippen molar-refractivity contribution in [1.29, 1.82) is 0 Å². The van der Waals surface area contributed by atoms with Crippen LogP contribution in [-0.2, 0) is 16.1 Å². The van der Waals surface area contributed by atoms with Crippen molar-refractivity contribution < 1.29 is 9.53 Å². The Morgan fingerprint density at radius 1 is 1.36 bits per heavy atom. The first-order valence-electron chi connectivity index (χ1n) is 7.63. The monoisotopic (exact) mass is 300 g/mol. The molecule has 2 aromatic rings. The molecule has 0 bridgehead atoms. The number of amides is 1. The lowest BCUT2D eigenvalue weighted by Crippen LogP contribution is -2.27. The number of nitrogens with zero attached hydrogens (tertiary/aromatic N) is 1. The molecule has 4 heteroatoms. The third kappa shape index (κ3) is 3.98. The predicted octanol–water partition coefficient (Wildman–Crippen LogP) is 3.83. The highest BCUT2D eigenvalue weighted by Gasteiger charge is 2.13. The highest BCUT2D eigenvalue weighted by atomic mass is 16.5. The van der Waals surface area contributed by atoms with Crippen molar-refractivity contribution in [2.24, 2.45) is 5.92 Å². The molecule has 4 nitrogen and oxygen atoms in total. The van der Waals surface area contributed by atoms with Crippen molar-refractivity contribution in [2.45, 2.75) is 33.4 Å². The van der Waals surface area contributed by atoms with Crippen LogP contribution in [-0.4, -0.2) is 23.2 Å². The van der Waals surface area contributed by atoms with Gasteiger partial charge in [-0.25, -0.2) is 0 Å². The van der Waals surface area contributed by atoms with Crippen molar-refractivity contribution in [3.63, 3.8) is 0 Å². The average Bonchev–Trinajstić information content (AvgIpc) is 2.86. The van der Waals surface area contributed by atoms with Gasteiger partial charge in [-0.05, 0) is 37.1 Å². The fourth-order valence-electron chi connectivity index (χ4n) is 2.36. The fourth-order valence-corrected chi connectivity index (χ4v) is 2.36. The second kappa shape index (κ2) is 7.27. The molecule has 118 valence electrons. The van der Waals surface area contributed by atoms with Gasteiger partial charge in [0.15, 0.2) is 0 Å². The molecule has 0 spiro atoms. The van der Waals surface area contributed by atoms with E-state index in [-0.39, 0.29) is 5.91 Å². The Bertz CT molecular complexity index is 658. The average molecular weight is 300 g/mol. The van der Waals surface area contributed by atoms with Crippen LogP contribution in [0.5, 0.6) is 0 Å². The number of nitrogens with one attached hydrogen (secondary N) is 1. The quantitative estimate of drug-likeness (QED) is 0.790. The molecule has 0 saturated carbocycles. The van der Waals surface area contributed by atoms with Crippen LogP contribution in [0, 0.1) is 5.92 Å². The summed E-state index contributed by atoms with van der Waals surface area (Å²) >= 11 is 0. The van der Waals surface area contributed by atoms with Crippen molar-refractivity contribution in [3.8, 4) is 0 Å². The van der Waals surface area contributed by atoms with Crippen LogP contribution in [0.3, 0.4) is 0 Å². The Hall–Kier alpha value is -2.07. The zero-order chi connectivity index (χ0) is 16.1. The maximum atomic E-state index is 12.0. The summed E-state index contributed by atoms with van der Waals surface area (Å²) in [6.07, 6.45) is 3.22. The number of benzene rings is 1. The number of carbonyl (C=O) groups excluding carboxylic acids is 1. The fraction of sp³-hybridized carbons (Fsp3) is 0.389. The van der Waals surface area contributed by atoms with Gasteiger partial charge in [0.25, 0.3) is 5.91 Å². The summed E-state index contributed by atoms with van der Waals surface area (Å²) in [5.74, 6) is 0.445. The molecule has 0 aliphatic heterocycles. The lowest BCUT2D eigenvalue weighted by Gasteiger charge is -2.13. The third-order valence-corrected chi connectivity index (χ3v) is 3.43. The van der Waals surface area contributed by atoms with Crippen molar-refractivity contribution >= 4 is 22.5 Å². The van der Waals surface area contributed by atoms with Crippen LogP contribution >= 0.6 is 0 Å². The molecule has 0 saturated heterocycles. The van der Waals surface area contributed by atoms with Gasteiger partial charge in [-0.3, -0.25) is 4.79 Å². The molecule has 1 aromatic heterocycles. The Labute approximate surface area is 131 Å². The van der Waals surface area contributed by atoms with Crippen LogP contribution in [0.15, 0.2) is 43.1 Å². The van der Waals surface area contributed by atoms with E-state index < -0.39 is 6.10 Å². The normalized spacial score (nSPS) is 12.5. The first kappa shape index (κ1) is 16.3. The Morgan fingerprint density at radius 3 is 2.82 bits per heavy atom. The Balaban J connectivity index is 2.10. The number of hydrogen-bond donors (Lipinski definition) is 1. The molecule has 1 aromatic carbocycles. The van der Waals surface area contributed by atoms with Gasteiger partial charge < -0.3 is 14.6 Å². The van der Waals surface area contributed by atoms with E-state index >= 15 is 0 Å². The van der Waals surface area contributed by atoms with Gasteiger partial charge in [0.05, 0.1) is 6.61 Å². The molecule has 2 rings (SSSR count). The summed E-state index contributed by atoms with van der Waals surface area (Å²) in [5, 5.41) is 4.01. The van der Waals surface area contributed by atoms with Crippen molar-refractivity contribution in [3.05, 3.63) is 43.1 Å². The second-order valence-corrected chi connectivity index (χ2v) is 5.89. The van der Waals surface area contributed by atoms with Crippen LogP contribution in [0.4, 0.5) is 5.69 Å². The highest BCUT2D eigenvalue weighted by Crippen LogP contribution is 2.21. The Morgan fingerprint density at radius 2 is 2.14 bits per heavy atom. The molecule has 1 amide bonds. The first-order chi connectivity index (χ1) is 10.5. The predicted molar refractivity (Wildman–Crippen MR) is 91.0 cm³/mol. The lowest BCUT2D eigenvalue weighted by molar-refractivity contribution is -0.125.